The number of fused-ring (bicyclic) bond motifs is 2. The molecule has 3 aromatic rings. The number of carbonyl (C=O) groups excluding carboxylic acids is 6. The number of hydrogen-bond donors (Lipinski definition) is 5. The third-order valence-electron chi connectivity index (χ3n) is 12.3. The summed E-state index contributed by atoms with van der Waals surface area (Å²) in [4.78, 5) is 90.6. The van der Waals surface area contributed by atoms with Gasteiger partial charge in [-0.15, -0.1) is 0 Å². The quantitative estimate of drug-likeness (QED) is 0.0601. The maximum atomic E-state index is 14.0. The van der Waals surface area contributed by atoms with Crippen molar-refractivity contribution < 1.29 is 52.8 Å². The van der Waals surface area contributed by atoms with Crippen LogP contribution in [-0.4, -0.2) is 172 Å². The maximum Gasteiger partial charge on any atom is 0.264 e. The van der Waals surface area contributed by atoms with Crippen LogP contribution < -0.4 is 26.2 Å². The number of anilines is 2. The number of ether oxygens (including phenoxy) is 4. The van der Waals surface area contributed by atoms with Gasteiger partial charge in [0, 0.05) is 81.5 Å². The van der Waals surface area contributed by atoms with E-state index in [0.29, 0.717) is 128 Å². The van der Waals surface area contributed by atoms with Crippen molar-refractivity contribution in [3.8, 4) is 0 Å². The van der Waals surface area contributed by atoms with Crippen LogP contribution >= 0.6 is 11.6 Å². The van der Waals surface area contributed by atoms with Crippen molar-refractivity contribution in [2.24, 2.45) is 0 Å². The largest absolute Gasteiger partial charge is 0.387 e. The molecule has 4 heterocycles. The normalized spacial score (nSPS) is 19.5. The van der Waals surface area contributed by atoms with E-state index >= 15 is 0 Å². The fourth-order valence-electron chi connectivity index (χ4n) is 8.84. The van der Waals surface area contributed by atoms with Gasteiger partial charge in [-0.05, 0) is 48.6 Å². The summed E-state index contributed by atoms with van der Waals surface area (Å²) in [5, 5.41) is 22.5. The van der Waals surface area contributed by atoms with Gasteiger partial charge < -0.3 is 49.8 Å². The van der Waals surface area contributed by atoms with Crippen LogP contribution in [0.4, 0.5) is 11.5 Å². The molecule has 6 amide bonds. The lowest BCUT2D eigenvalue weighted by molar-refractivity contribution is -0.136. The Bertz CT molecular complexity index is 2260. The third kappa shape index (κ3) is 12.7. The lowest BCUT2D eigenvalue weighted by atomic mass is 9.97. The molecule has 4 aliphatic rings. The molecular weight excluding hydrogens is 902 g/mol. The Morgan fingerprint density at radius 2 is 1.53 bits per heavy atom. The Morgan fingerprint density at radius 1 is 0.853 bits per heavy atom. The Balaban J connectivity index is 0.691. The number of carbonyl (C=O) groups is 6. The van der Waals surface area contributed by atoms with Gasteiger partial charge in [0.1, 0.15) is 18.2 Å². The average molecular weight is 963 g/mol. The van der Waals surface area contributed by atoms with Gasteiger partial charge in [0.05, 0.1) is 81.7 Å². The zero-order chi connectivity index (χ0) is 48.0. The van der Waals surface area contributed by atoms with Gasteiger partial charge in [-0.1, -0.05) is 36.7 Å². The van der Waals surface area contributed by atoms with E-state index in [-0.39, 0.29) is 48.1 Å². The Kier molecular flexibility index (Phi) is 18.2. The lowest BCUT2D eigenvalue weighted by Gasteiger charge is -2.38. The minimum absolute atomic E-state index is 0.000719. The second kappa shape index (κ2) is 24.6. The molecule has 2 saturated heterocycles. The van der Waals surface area contributed by atoms with E-state index in [1.165, 1.54) is 6.33 Å². The number of benzene rings is 2. The summed E-state index contributed by atoms with van der Waals surface area (Å²) in [6.07, 6.45) is 1.93. The van der Waals surface area contributed by atoms with Gasteiger partial charge in [0.25, 0.3) is 11.8 Å². The van der Waals surface area contributed by atoms with Crippen LogP contribution in [0.15, 0.2) is 48.8 Å². The number of imide groups is 2. The molecule has 1 aliphatic carbocycles. The third-order valence-corrected chi connectivity index (χ3v) is 12.6. The van der Waals surface area contributed by atoms with Gasteiger partial charge in [-0.2, -0.15) is 0 Å². The van der Waals surface area contributed by atoms with Crippen molar-refractivity contribution in [1.29, 1.82) is 0 Å². The zero-order valence-corrected chi connectivity index (χ0v) is 39.0. The summed E-state index contributed by atoms with van der Waals surface area (Å²) in [7, 11) is 0. The molecule has 21 heteroatoms. The van der Waals surface area contributed by atoms with E-state index in [0.717, 1.165) is 21.8 Å². The topological polar surface area (TPSA) is 243 Å². The Morgan fingerprint density at radius 3 is 2.22 bits per heavy atom. The van der Waals surface area contributed by atoms with Gasteiger partial charge >= 0.3 is 0 Å². The fourth-order valence-corrected chi connectivity index (χ4v) is 8.96. The molecule has 1 aromatic heterocycles. The monoisotopic (exact) mass is 961 g/mol. The van der Waals surface area contributed by atoms with Crippen molar-refractivity contribution in [2.45, 2.75) is 56.6 Å². The standard InChI is InChI=1S/C47H60ClN9O11/c1-30-27-37(58)42-40(30)43(53-29-52-42)55-15-17-56(18-16-55)45(62)34(31-5-7-32(48)8-6-31)28-49-12-11-38(59)51-14-20-66-22-24-68-26-25-67-23-21-65-19-13-50-35-4-2-3-33-41(35)47(64)57(46(33)63)36-9-10-39(60)54-44(36)61/h2-8,29-30,34,36-37,49-50,58H,9-28H2,1H3,(H,51,59)(H,54,60,61)/t30-,34?,36?,37-/m1/s1. The molecule has 0 bridgehead atoms. The highest BCUT2D eigenvalue weighted by Crippen LogP contribution is 2.43. The van der Waals surface area contributed by atoms with Crippen LogP contribution in [0.25, 0.3) is 0 Å². The number of piperazine rings is 1. The molecule has 2 unspecified atom stereocenters. The number of aliphatic hydroxyl groups excluding tert-OH is 1. The first-order chi connectivity index (χ1) is 33.0. The number of hydrogen-bond acceptors (Lipinski definition) is 16. The van der Waals surface area contributed by atoms with Gasteiger partial charge in [0.2, 0.25) is 23.6 Å². The fraction of sp³-hybridized carbons (Fsp3) is 0.532. The van der Waals surface area contributed by atoms with E-state index in [1.54, 1.807) is 30.3 Å². The molecule has 3 aliphatic heterocycles. The van der Waals surface area contributed by atoms with Crippen molar-refractivity contribution in [2.75, 3.05) is 115 Å². The summed E-state index contributed by atoms with van der Waals surface area (Å²) < 4.78 is 22.3. The van der Waals surface area contributed by atoms with E-state index < -0.39 is 41.7 Å². The molecule has 2 fully saturated rings. The second-order valence-corrected chi connectivity index (χ2v) is 17.4. The number of aliphatic hydroxyl groups is 1. The van der Waals surface area contributed by atoms with E-state index in [2.05, 4.69) is 43.1 Å². The predicted molar refractivity (Wildman–Crippen MR) is 248 cm³/mol. The molecule has 0 saturated carbocycles. The van der Waals surface area contributed by atoms with Gasteiger partial charge in [-0.3, -0.25) is 39.0 Å². The Hall–Kier alpha value is -5.61. The van der Waals surface area contributed by atoms with Crippen LogP contribution in [0.1, 0.15) is 88.1 Å². The van der Waals surface area contributed by atoms with Crippen LogP contribution in [0.3, 0.4) is 0 Å². The molecule has 366 valence electrons. The van der Waals surface area contributed by atoms with Gasteiger partial charge in [-0.25, -0.2) is 9.97 Å². The highest BCUT2D eigenvalue weighted by atomic mass is 35.5. The van der Waals surface area contributed by atoms with E-state index in [1.807, 2.05) is 17.0 Å². The summed E-state index contributed by atoms with van der Waals surface area (Å²) in [6.45, 7) is 8.59. The molecule has 20 nitrogen and oxygen atoms in total. The molecule has 68 heavy (non-hydrogen) atoms. The highest BCUT2D eigenvalue weighted by molar-refractivity contribution is 6.30. The molecule has 0 radical (unpaired) electrons. The number of amides is 6. The van der Waals surface area contributed by atoms with Crippen LogP contribution in [0, 0.1) is 0 Å². The summed E-state index contributed by atoms with van der Waals surface area (Å²) >= 11 is 6.17. The highest BCUT2D eigenvalue weighted by Gasteiger charge is 2.45. The predicted octanol–water partition coefficient (Wildman–Crippen LogP) is 1.78. The molecule has 7 rings (SSSR count). The minimum atomic E-state index is -1.03. The van der Waals surface area contributed by atoms with Crippen molar-refractivity contribution in [3.05, 3.63) is 81.8 Å². The molecule has 4 atom stereocenters. The van der Waals surface area contributed by atoms with E-state index in [4.69, 9.17) is 30.5 Å². The number of rotatable bonds is 25. The van der Waals surface area contributed by atoms with E-state index in [9.17, 15) is 33.9 Å². The summed E-state index contributed by atoms with van der Waals surface area (Å²) in [5.41, 5.74) is 3.39. The zero-order valence-electron chi connectivity index (χ0n) is 38.2. The molecule has 2 aromatic carbocycles. The van der Waals surface area contributed by atoms with Crippen LogP contribution in [-0.2, 0) is 38.1 Å². The average Bonchev–Trinajstić information content (AvgIpc) is 3.78. The first-order valence-corrected chi connectivity index (χ1v) is 23.6. The SMILES string of the molecule is C[C@@H]1C[C@@H](O)c2ncnc(N3CCN(C(=O)C(CNCCC(=O)NCCOCCOCCOCCOCCNc4cccc5c4C(=O)N(C4CCC(=O)NC4=O)C5=O)c4ccc(Cl)cc4)CC3)c21. The summed E-state index contributed by atoms with van der Waals surface area (Å²) in [6, 6.07) is 11.1. The van der Waals surface area contributed by atoms with Crippen molar-refractivity contribution >= 4 is 58.5 Å². The number of nitrogens with zero attached hydrogens (tertiary/aromatic N) is 5. The van der Waals surface area contributed by atoms with Crippen molar-refractivity contribution in [1.82, 2.24) is 35.7 Å². The smallest absolute Gasteiger partial charge is 0.264 e. The minimum Gasteiger partial charge on any atom is -0.387 e. The van der Waals surface area contributed by atoms with Crippen LogP contribution in [0.2, 0.25) is 5.02 Å². The first kappa shape index (κ1) is 50.3. The lowest BCUT2D eigenvalue weighted by Crippen LogP contribution is -2.54. The second-order valence-electron chi connectivity index (χ2n) is 16.9. The summed E-state index contributed by atoms with van der Waals surface area (Å²) in [5.74, 6) is -1.82. The molecular formula is C47H60ClN9O11. The molecule has 0 spiro atoms. The number of nitrogens with one attached hydrogen (secondary N) is 4. The Labute approximate surface area is 399 Å². The maximum absolute atomic E-state index is 14.0. The molecule has 5 N–H and O–H groups in total. The van der Waals surface area contributed by atoms with Crippen LogP contribution in [0.5, 0.6) is 0 Å². The first-order valence-electron chi connectivity index (χ1n) is 23.2. The van der Waals surface area contributed by atoms with Crippen molar-refractivity contribution in [3.63, 3.8) is 0 Å². The number of halogens is 1. The van der Waals surface area contributed by atoms with Gasteiger partial charge in [0.15, 0.2) is 0 Å². The number of aromatic nitrogens is 2. The number of piperidine rings is 1.